The average molecular weight is 479 g/mol. The number of amides is 2. The van der Waals surface area contributed by atoms with Gasteiger partial charge in [-0.25, -0.2) is 9.59 Å². The summed E-state index contributed by atoms with van der Waals surface area (Å²) in [6.45, 7) is 9.72. The lowest BCUT2D eigenvalue weighted by atomic mass is 9.84. The number of aliphatic carboxylic acids is 1. The van der Waals surface area contributed by atoms with Crippen LogP contribution in [-0.2, 0) is 14.3 Å². The van der Waals surface area contributed by atoms with Crippen LogP contribution in [0.25, 0.3) is 11.1 Å². The Bertz CT molecular complexity index is 1040. The van der Waals surface area contributed by atoms with Gasteiger partial charge in [0.25, 0.3) is 0 Å². The summed E-state index contributed by atoms with van der Waals surface area (Å²) in [5, 5.41) is 14.6. The summed E-state index contributed by atoms with van der Waals surface area (Å²) in [6.07, 6.45) is 1.41. The van der Waals surface area contributed by atoms with Crippen molar-refractivity contribution in [3.05, 3.63) is 72.3 Å². The number of ether oxygens (including phenoxy) is 1. The van der Waals surface area contributed by atoms with Crippen LogP contribution >= 0.6 is 0 Å². The standard InChI is InChI=1S/C28H34N2O5/c1-5-10-24(26(32)33)30-25(31)18(15-28(2,3)4)16-29-27(34)35-17-23-21-13-8-6-11-19(21)20-12-7-9-14-22(20)23/h5-9,11-14,18,23-24H,1,10,15-17H2,2-4H3,(H,29,34)(H,30,31)(H,32,33). The minimum atomic E-state index is -1.13. The summed E-state index contributed by atoms with van der Waals surface area (Å²) in [5.41, 5.74) is 4.32. The molecule has 3 N–H and O–H groups in total. The van der Waals surface area contributed by atoms with Crippen LogP contribution in [0.4, 0.5) is 4.79 Å². The molecule has 0 fully saturated rings. The molecule has 0 radical (unpaired) electrons. The third-order valence-corrected chi connectivity index (χ3v) is 6.08. The van der Waals surface area contributed by atoms with Gasteiger partial charge in [0.15, 0.2) is 0 Å². The second-order valence-corrected chi connectivity index (χ2v) is 10.1. The molecule has 7 nitrogen and oxygen atoms in total. The van der Waals surface area contributed by atoms with Gasteiger partial charge in [-0.1, -0.05) is 75.4 Å². The van der Waals surface area contributed by atoms with Gasteiger partial charge in [0.1, 0.15) is 12.6 Å². The normalized spacial score (nSPS) is 14.3. The van der Waals surface area contributed by atoms with Crippen LogP contribution in [0, 0.1) is 11.3 Å². The van der Waals surface area contributed by atoms with E-state index in [0.717, 1.165) is 22.3 Å². The van der Waals surface area contributed by atoms with Crippen molar-refractivity contribution in [2.45, 2.75) is 45.6 Å². The topological polar surface area (TPSA) is 105 Å². The molecule has 7 heteroatoms. The predicted octanol–water partition coefficient (Wildman–Crippen LogP) is 4.72. The fraction of sp³-hybridized carbons (Fsp3) is 0.393. The van der Waals surface area contributed by atoms with Gasteiger partial charge in [-0.15, -0.1) is 6.58 Å². The molecule has 186 valence electrons. The van der Waals surface area contributed by atoms with Gasteiger partial charge >= 0.3 is 12.1 Å². The lowest BCUT2D eigenvalue weighted by Gasteiger charge is -2.26. The maximum Gasteiger partial charge on any atom is 0.407 e. The molecule has 0 aliphatic heterocycles. The van der Waals surface area contributed by atoms with Gasteiger partial charge in [0.05, 0.1) is 5.92 Å². The van der Waals surface area contributed by atoms with E-state index in [0.29, 0.717) is 6.42 Å². The molecule has 3 rings (SSSR count). The van der Waals surface area contributed by atoms with E-state index in [-0.39, 0.29) is 30.9 Å². The minimum Gasteiger partial charge on any atom is -0.480 e. The number of nitrogens with one attached hydrogen (secondary N) is 2. The first kappa shape index (κ1) is 26.0. The van der Waals surface area contributed by atoms with Gasteiger partial charge in [-0.05, 0) is 40.5 Å². The molecular formula is C28H34N2O5. The van der Waals surface area contributed by atoms with Crippen LogP contribution in [-0.4, -0.2) is 42.3 Å². The van der Waals surface area contributed by atoms with Gasteiger partial charge in [0.2, 0.25) is 5.91 Å². The van der Waals surface area contributed by atoms with Crippen molar-refractivity contribution in [2.75, 3.05) is 13.2 Å². The van der Waals surface area contributed by atoms with Gasteiger partial charge in [0, 0.05) is 12.5 Å². The Morgan fingerprint density at radius 3 is 2.14 bits per heavy atom. The van der Waals surface area contributed by atoms with Crippen molar-refractivity contribution in [1.29, 1.82) is 0 Å². The van der Waals surface area contributed by atoms with E-state index in [1.54, 1.807) is 0 Å². The first-order valence-corrected chi connectivity index (χ1v) is 11.8. The summed E-state index contributed by atoms with van der Waals surface area (Å²) in [7, 11) is 0. The largest absolute Gasteiger partial charge is 0.480 e. The van der Waals surface area contributed by atoms with E-state index in [9.17, 15) is 19.5 Å². The number of hydrogen-bond acceptors (Lipinski definition) is 4. The second kappa shape index (κ2) is 11.2. The fourth-order valence-electron chi connectivity index (χ4n) is 4.53. The molecule has 2 atom stereocenters. The smallest absolute Gasteiger partial charge is 0.407 e. The van der Waals surface area contributed by atoms with E-state index < -0.39 is 29.9 Å². The van der Waals surface area contributed by atoms with Crippen LogP contribution < -0.4 is 10.6 Å². The van der Waals surface area contributed by atoms with E-state index >= 15 is 0 Å². The molecule has 0 bridgehead atoms. The third kappa shape index (κ3) is 6.72. The van der Waals surface area contributed by atoms with Crippen molar-refractivity contribution < 1.29 is 24.2 Å². The molecule has 0 saturated heterocycles. The molecule has 0 saturated carbocycles. The summed E-state index contributed by atoms with van der Waals surface area (Å²) >= 11 is 0. The molecule has 0 spiro atoms. The van der Waals surface area contributed by atoms with Crippen LogP contribution in [0.1, 0.15) is 50.7 Å². The van der Waals surface area contributed by atoms with Crippen molar-refractivity contribution in [3.63, 3.8) is 0 Å². The molecule has 2 aromatic rings. The summed E-state index contributed by atoms with van der Waals surface area (Å²) in [6, 6.07) is 15.1. The predicted molar refractivity (Wildman–Crippen MR) is 135 cm³/mol. The number of fused-ring (bicyclic) bond motifs is 3. The molecule has 2 amide bonds. The van der Waals surface area contributed by atoms with Crippen LogP contribution in [0.15, 0.2) is 61.2 Å². The highest BCUT2D eigenvalue weighted by Gasteiger charge is 2.31. The van der Waals surface area contributed by atoms with Gasteiger partial charge in [-0.3, -0.25) is 4.79 Å². The molecule has 0 aromatic heterocycles. The van der Waals surface area contributed by atoms with E-state index in [1.165, 1.54) is 6.08 Å². The number of carboxylic acid groups (broad SMARTS) is 1. The Hall–Kier alpha value is -3.61. The molecule has 2 aromatic carbocycles. The zero-order valence-electron chi connectivity index (χ0n) is 20.5. The summed E-state index contributed by atoms with van der Waals surface area (Å²) < 4.78 is 5.57. The fourth-order valence-corrected chi connectivity index (χ4v) is 4.53. The molecule has 35 heavy (non-hydrogen) atoms. The van der Waals surface area contributed by atoms with Crippen molar-refractivity contribution in [1.82, 2.24) is 10.6 Å². The van der Waals surface area contributed by atoms with E-state index in [2.05, 4.69) is 29.3 Å². The van der Waals surface area contributed by atoms with E-state index in [4.69, 9.17) is 4.74 Å². The number of carboxylic acids is 1. The summed E-state index contributed by atoms with van der Waals surface area (Å²) in [4.78, 5) is 36.9. The highest BCUT2D eigenvalue weighted by molar-refractivity contribution is 5.85. The van der Waals surface area contributed by atoms with Crippen LogP contribution in [0.2, 0.25) is 0 Å². The maximum absolute atomic E-state index is 12.9. The first-order valence-electron chi connectivity index (χ1n) is 11.8. The second-order valence-electron chi connectivity index (χ2n) is 10.1. The van der Waals surface area contributed by atoms with Gasteiger partial charge in [-0.2, -0.15) is 0 Å². The number of carbonyl (C=O) groups excluding carboxylic acids is 2. The molecule has 1 aliphatic carbocycles. The Balaban J connectivity index is 1.62. The van der Waals surface area contributed by atoms with Crippen LogP contribution in [0.3, 0.4) is 0 Å². The zero-order valence-corrected chi connectivity index (χ0v) is 20.5. The monoisotopic (exact) mass is 478 g/mol. The van der Waals surface area contributed by atoms with Crippen molar-refractivity contribution >= 4 is 18.0 Å². The lowest BCUT2D eigenvalue weighted by molar-refractivity contribution is -0.142. The van der Waals surface area contributed by atoms with Crippen molar-refractivity contribution in [3.8, 4) is 11.1 Å². The zero-order chi connectivity index (χ0) is 25.6. The Morgan fingerprint density at radius 2 is 1.63 bits per heavy atom. The van der Waals surface area contributed by atoms with Gasteiger partial charge < -0.3 is 20.5 Å². The molecule has 1 aliphatic rings. The Labute approximate surface area is 206 Å². The first-order chi connectivity index (χ1) is 16.6. The molecular weight excluding hydrogens is 444 g/mol. The average Bonchev–Trinajstić information content (AvgIpc) is 3.13. The number of benzene rings is 2. The quantitative estimate of drug-likeness (QED) is 0.429. The highest BCUT2D eigenvalue weighted by Crippen LogP contribution is 2.44. The third-order valence-electron chi connectivity index (χ3n) is 6.08. The van der Waals surface area contributed by atoms with E-state index in [1.807, 2.05) is 57.2 Å². The number of alkyl carbamates (subject to hydrolysis) is 1. The minimum absolute atomic E-state index is 0.0419. The highest BCUT2D eigenvalue weighted by atomic mass is 16.5. The lowest BCUT2D eigenvalue weighted by Crippen LogP contribution is -2.47. The SMILES string of the molecule is C=CCC(NC(=O)C(CNC(=O)OCC1c2ccccc2-c2ccccc21)CC(C)(C)C)C(=O)O. The number of rotatable bonds is 10. The van der Waals surface area contributed by atoms with Crippen LogP contribution in [0.5, 0.6) is 0 Å². The Morgan fingerprint density at radius 1 is 1.06 bits per heavy atom. The summed E-state index contributed by atoms with van der Waals surface area (Å²) in [5.74, 6) is -2.22. The Kier molecular flexibility index (Phi) is 8.33. The number of hydrogen-bond donors (Lipinski definition) is 3. The van der Waals surface area contributed by atoms with Crippen molar-refractivity contribution in [2.24, 2.45) is 11.3 Å². The molecule has 0 heterocycles. The maximum atomic E-state index is 12.9. The molecule has 2 unspecified atom stereocenters. The number of carbonyl (C=O) groups is 3.